The predicted octanol–water partition coefficient (Wildman–Crippen LogP) is 4.61. The van der Waals surface area contributed by atoms with Crippen molar-refractivity contribution in [3.8, 4) is 0 Å². The Hall–Kier alpha value is -2.39. The molecule has 1 N–H and O–H groups in total. The molecule has 0 atom stereocenters. The van der Waals surface area contributed by atoms with Gasteiger partial charge in [0, 0.05) is 5.56 Å². The zero-order valence-corrected chi connectivity index (χ0v) is 11.7. The van der Waals surface area contributed by atoms with E-state index < -0.39 is 0 Å². The third kappa shape index (κ3) is 2.95. The zero-order chi connectivity index (χ0) is 13.6. The molecule has 3 heteroatoms. The van der Waals surface area contributed by atoms with Crippen LogP contribution in [0, 0.1) is 0 Å². The molecular formula is C17H14N2S. The highest BCUT2D eigenvalue weighted by molar-refractivity contribution is 7.12. The Balaban J connectivity index is 1.94. The fraction of sp³-hybridized carbons (Fsp3) is 0. The lowest BCUT2D eigenvalue weighted by molar-refractivity contribution is 1.33. The highest BCUT2D eigenvalue weighted by Crippen LogP contribution is 2.17. The van der Waals surface area contributed by atoms with Crippen LogP contribution in [0.15, 0.2) is 83.3 Å². The molecule has 0 aliphatic rings. The van der Waals surface area contributed by atoms with Gasteiger partial charge in [0.25, 0.3) is 0 Å². The summed E-state index contributed by atoms with van der Waals surface area (Å²) in [6.45, 7) is 0. The molecule has 0 saturated carbocycles. The van der Waals surface area contributed by atoms with E-state index in [1.807, 2.05) is 54.6 Å². The molecule has 0 fully saturated rings. The minimum Gasteiger partial charge on any atom is -0.278 e. The third-order valence-corrected chi connectivity index (χ3v) is 3.75. The number of hydrogen-bond donors (Lipinski definition) is 1. The Bertz CT molecular complexity index is 674. The third-order valence-electron chi connectivity index (χ3n) is 2.87. The van der Waals surface area contributed by atoms with Crippen LogP contribution in [-0.4, -0.2) is 5.71 Å². The summed E-state index contributed by atoms with van der Waals surface area (Å²) < 4.78 is 0. The average Bonchev–Trinajstić information content (AvgIpc) is 3.04. The van der Waals surface area contributed by atoms with Crippen LogP contribution in [0.25, 0.3) is 0 Å². The van der Waals surface area contributed by atoms with Crippen LogP contribution >= 0.6 is 11.3 Å². The molecule has 0 bridgehead atoms. The Kier molecular flexibility index (Phi) is 3.90. The largest absolute Gasteiger partial charge is 0.278 e. The summed E-state index contributed by atoms with van der Waals surface area (Å²) in [5.41, 5.74) is 6.18. The fourth-order valence-electron chi connectivity index (χ4n) is 1.90. The quantitative estimate of drug-likeness (QED) is 0.547. The molecule has 0 unspecified atom stereocenters. The summed E-state index contributed by atoms with van der Waals surface area (Å²) in [5, 5.41) is 6.65. The molecular weight excluding hydrogens is 264 g/mol. The van der Waals surface area contributed by atoms with Gasteiger partial charge in [-0.25, -0.2) is 0 Å². The second kappa shape index (κ2) is 6.17. The standard InChI is InChI=1S/C17H14N2S/c1-3-8-14(9-4-1)17(16-12-7-13-20-16)19-18-15-10-5-2-6-11-15/h1-13,18H/b19-17+. The lowest BCUT2D eigenvalue weighted by atomic mass is 10.1. The first-order chi connectivity index (χ1) is 9.93. The van der Waals surface area contributed by atoms with Crippen molar-refractivity contribution >= 4 is 22.7 Å². The minimum absolute atomic E-state index is 0.962. The molecule has 0 saturated heterocycles. The second-order valence-electron chi connectivity index (χ2n) is 4.28. The van der Waals surface area contributed by atoms with Gasteiger partial charge in [-0.3, -0.25) is 5.43 Å². The van der Waals surface area contributed by atoms with Crippen molar-refractivity contribution in [2.45, 2.75) is 0 Å². The highest BCUT2D eigenvalue weighted by atomic mass is 32.1. The van der Waals surface area contributed by atoms with Crippen molar-refractivity contribution < 1.29 is 0 Å². The zero-order valence-electron chi connectivity index (χ0n) is 10.9. The van der Waals surface area contributed by atoms with E-state index in [0.29, 0.717) is 0 Å². The fourth-order valence-corrected chi connectivity index (χ4v) is 2.64. The topological polar surface area (TPSA) is 24.4 Å². The van der Waals surface area contributed by atoms with Gasteiger partial charge in [-0.2, -0.15) is 5.10 Å². The first kappa shape index (κ1) is 12.6. The molecule has 1 aromatic heterocycles. The smallest absolute Gasteiger partial charge is 0.108 e. The van der Waals surface area contributed by atoms with E-state index in [1.54, 1.807) is 11.3 Å². The molecule has 98 valence electrons. The number of anilines is 1. The summed E-state index contributed by atoms with van der Waals surface area (Å²) in [7, 11) is 0. The number of hydrogen-bond acceptors (Lipinski definition) is 3. The van der Waals surface area contributed by atoms with Gasteiger partial charge in [0.1, 0.15) is 5.71 Å². The summed E-state index contributed by atoms with van der Waals surface area (Å²) in [6, 6.07) is 24.3. The summed E-state index contributed by atoms with van der Waals surface area (Å²) in [5.74, 6) is 0. The van der Waals surface area contributed by atoms with Gasteiger partial charge in [-0.15, -0.1) is 11.3 Å². The Morgan fingerprint density at radius 3 is 2.15 bits per heavy atom. The summed E-state index contributed by atoms with van der Waals surface area (Å²) in [4.78, 5) is 1.15. The van der Waals surface area contributed by atoms with Gasteiger partial charge in [-0.1, -0.05) is 54.6 Å². The highest BCUT2D eigenvalue weighted by Gasteiger charge is 2.07. The molecule has 0 radical (unpaired) electrons. The lowest BCUT2D eigenvalue weighted by Crippen LogP contribution is -2.04. The van der Waals surface area contributed by atoms with Gasteiger partial charge < -0.3 is 0 Å². The van der Waals surface area contributed by atoms with Crippen LogP contribution in [0.3, 0.4) is 0 Å². The molecule has 1 heterocycles. The van der Waals surface area contributed by atoms with E-state index in [-0.39, 0.29) is 0 Å². The molecule has 3 rings (SSSR count). The van der Waals surface area contributed by atoms with Gasteiger partial charge in [-0.05, 0) is 23.6 Å². The molecule has 2 nitrogen and oxygen atoms in total. The minimum atomic E-state index is 0.962. The van der Waals surface area contributed by atoms with E-state index in [0.717, 1.165) is 21.8 Å². The van der Waals surface area contributed by atoms with Crippen molar-refractivity contribution in [1.82, 2.24) is 0 Å². The molecule has 0 spiro atoms. The average molecular weight is 278 g/mol. The number of hydrazone groups is 1. The van der Waals surface area contributed by atoms with Crippen LogP contribution in [0.5, 0.6) is 0 Å². The van der Waals surface area contributed by atoms with Crippen molar-refractivity contribution in [3.05, 3.63) is 88.6 Å². The molecule has 3 aromatic rings. The maximum absolute atomic E-state index is 4.58. The van der Waals surface area contributed by atoms with E-state index >= 15 is 0 Å². The predicted molar refractivity (Wildman–Crippen MR) is 86.5 cm³/mol. The number of nitrogens with one attached hydrogen (secondary N) is 1. The summed E-state index contributed by atoms with van der Waals surface area (Å²) >= 11 is 1.69. The number of para-hydroxylation sites is 1. The molecule has 20 heavy (non-hydrogen) atoms. The van der Waals surface area contributed by atoms with Crippen molar-refractivity contribution in [2.75, 3.05) is 5.43 Å². The second-order valence-corrected chi connectivity index (χ2v) is 5.23. The normalized spacial score (nSPS) is 11.3. The molecule has 0 aliphatic carbocycles. The number of nitrogens with zero attached hydrogens (tertiary/aromatic N) is 1. The van der Waals surface area contributed by atoms with E-state index in [2.05, 4.69) is 34.1 Å². The van der Waals surface area contributed by atoms with E-state index in [1.165, 1.54) is 0 Å². The van der Waals surface area contributed by atoms with Crippen LogP contribution < -0.4 is 5.43 Å². The SMILES string of the molecule is c1ccc(N/N=C(\c2ccccc2)c2cccs2)cc1. The van der Waals surface area contributed by atoms with Crippen molar-refractivity contribution in [3.63, 3.8) is 0 Å². The summed E-state index contributed by atoms with van der Waals surface area (Å²) in [6.07, 6.45) is 0. The van der Waals surface area contributed by atoms with Gasteiger partial charge in [0.05, 0.1) is 10.6 Å². The van der Waals surface area contributed by atoms with Crippen LogP contribution in [0.4, 0.5) is 5.69 Å². The lowest BCUT2D eigenvalue weighted by Gasteiger charge is -2.06. The van der Waals surface area contributed by atoms with Gasteiger partial charge >= 0.3 is 0 Å². The maximum Gasteiger partial charge on any atom is 0.108 e. The van der Waals surface area contributed by atoms with E-state index in [4.69, 9.17) is 0 Å². The first-order valence-electron chi connectivity index (χ1n) is 6.41. The van der Waals surface area contributed by atoms with Gasteiger partial charge in [0.2, 0.25) is 0 Å². The van der Waals surface area contributed by atoms with Crippen LogP contribution in [0.1, 0.15) is 10.4 Å². The van der Waals surface area contributed by atoms with E-state index in [9.17, 15) is 0 Å². The van der Waals surface area contributed by atoms with Crippen LogP contribution in [0.2, 0.25) is 0 Å². The first-order valence-corrected chi connectivity index (χ1v) is 7.29. The Morgan fingerprint density at radius 2 is 1.50 bits per heavy atom. The monoisotopic (exact) mass is 278 g/mol. The Morgan fingerprint density at radius 1 is 0.800 bits per heavy atom. The molecule has 0 amide bonds. The van der Waals surface area contributed by atoms with Gasteiger partial charge in [0.15, 0.2) is 0 Å². The Labute approximate surface area is 122 Å². The maximum atomic E-state index is 4.58. The molecule has 0 aliphatic heterocycles. The number of thiophene rings is 1. The number of benzene rings is 2. The van der Waals surface area contributed by atoms with Crippen molar-refractivity contribution in [1.29, 1.82) is 0 Å². The molecule has 2 aromatic carbocycles. The van der Waals surface area contributed by atoms with Crippen LogP contribution in [-0.2, 0) is 0 Å². The van der Waals surface area contributed by atoms with Crippen molar-refractivity contribution in [2.24, 2.45) is 5.10 Å². The number of rotatable bonds is 4.